The molecule has 19 heavy (non-hydrogen) atoms. The van der Waals surface area contributed by atoms with E-state index in [1.807, 2.05) is 6.92 Å². The van der Waals surface area contributed by atoms with E-state index in [1.165, 1.54) is 22.5 Å². The summed E-state index contributed by atoms with van der Waals surface area (Å²) in [6, 6.07) is 6.16. The number of aromatic hydroxyl groups is 1. The quantitative estimate of drug-likeness (QED) is 0.532. The molecule has 0 saturated carbocycles. The van der Waals surface area contributed by atoms with E-state index in [2.05, 4.69) is 0 Å². The van der Waals surface area contributed by atoms with Crippen molar-refractivity contribution >= 4 is 11.8 Å². The minimum absolute atomic E-state index is 0.126. The van der Waals surface area contributed by atoms with Crippen LogP contribution in [0.1, 0.15) is 30.1 Å². The second-order valence-electron chi connectivity index (χ2n) is 4.13. The number of nitrogens with zero attached hydrogens (tertiary/aromatic N) is 1. The molecule has 0 bridgehead atoms. The van der Waals surface area contributed by atoms with Gasteiger partial charge in [-0.1, -0.05) is 25.5 Å². The highest BCUT2D eigenvalue weighted by atomic mass is 16.5. The number of carbonyl (C=O) groups excluding carboxylic acids is 2. The van der Waals surface area contributed by atoms with E-state index in [4.69, 9.17) is 5.21 Å². The third-order valence-electron chi connectivity index (χ3n) is 2.66. The first-order chi connectivity index (χ1) is 9.10. The maximum absolute atomic E-state index is 12.2. The van der Waals surface area contributed by atoms with Crippen LogP contribution in [0.2, 0.25) is 0 Å². The van der Waals surface area contributed by atoms with E-state index in [9.17, 15) is 14.7 Å². The third kappa shape index (κ3) is 4.26. The van der Waals surface area contributed by atoms with Gasteiger partial charge in [-0.3, -0.25) is 14.8 Å². The second-order valence-corrected chi connectivity index (χ2v) is 4.13. The van der Waals surface area contributed by atoms with Gasteiger partial charge in [0.1, 0.15) is 12.3 Å². The molecule has 1 aromatic rings. The van der Waals surface area contributed by atoms with Crippen molar-refractivity contribution in [3.63, 3.8) is 0 Å². The van der Waals surface area contributed by atoms with E-state index in [-0.39, 0.29) is 17.9 Å². The monoisotopic (exact) mass is 266 g/mol. The van der Waals surface area contributed by atoms with Gasteiger partial charge in [-0.2, -0.15) is 0 Å². The Kier molecular flexibility index (Phi) is 5.81. The number of carbonyl (C=O) groups is 2. The number of phenols is 1. The van der Waals surface area contributed by atoms with Crippen LogP contribution in [-0.4, -0.2) is 40.1 Å². The van der Waals surface area contributed by atoms with Crippen LogP contribution < -0.4 is 5.48 Å². The van der Waals surface area contributed by atoms with Gasteiger partial charge >= 0.3 is 0 Å². The van der Waals surface area contributed by atoms with Crippen molar-refractivity contribution in [2.45, 2.75) is 19.8 Å². The highest BCUT2D eigenvalue weighted by Gasteiger charge is 2.20. The highest BCUT2D eigenvalue weighted by Crippen LogP contribution is 2.18. The number of phenolic OH excluding ortho intramolecular Hbond substituents is 1. The Morgan fingerprint density at radius 3 is 2.58 bits per heavy atom. The first kappa shape index (κ1) is 15.0. The summed E-state index contributed by atoms with van der Waals surface area (Å²) in [5.41, 5.74) is 1.64. The molecule has 0 aromatic heterocycles. The Bertz CT molecular complexity index is 448. The Labute approximate surface area is 111 Å². The number of hydrogen-bond donors (Lipinski definition) is 3. The van der Waals surface area contributed by atoms with Crippen molar-refractivity contribution < 1.29 is 19.9 Å². The zero-order valence-corrected chi connectivity index (χ0v) is 10.8. The average molecular weight is 266 g/mol. The number of nitrogens with one attached hydrogen (secondary N) is 1. The fraction of sp³-hybridized carbons (Fsp3) is 0.385. The molecule has 0 aliphatic heterocycles. The number of benzene rings is 1. The van der Waals surface area contributed by atoms with Gasteiger partial charge in [-0.05, 0) is 18.6 Å². The van der Waals surface area contributed by atoms with Gasteiger partial charge in [0.2, 0.25) is 0 Å². The summed E-state index contributed by atoms with van der Waals surface area (Å²) in [4.78, 5) is 24.7. The maximum atomic E-state index is 12.2. The minimum Gasteiger partial charge on any atom is -0.507 e. The molecule has 0 aliphatic carbocycles. The van der Waals surface area contributed by atoms with Crippen LogP contribution in [-0.2, 0) is 4.79 Å². The van der Waals surface area contributed by atoms with Gasteiger partial charge in [0.05, 0.1) is 5.56 Å². The van der Waals surface area contributed by atoms with Crippen molar-refractivity contribution in [2.75, 3.05) is 13.1 Å². The van der Waals surface area contributed by atoms with E-state index in [0.29, 0.717) is 6.54 Å². The van der Waals surface area contributed by atoms with E-state index < -0.39 is 11.8 Å². The zero-order chi connectivity index (χ0) is 14.3. The lowest BCUT2D eigenvalue weighted by Crippen LogP contribution is -2.40. The average Bonchev–Trinajstić information content (AvgIpc) is 2.43. The molecule has 0 aliphatic rings. The largest absolute Gasteiger partial charge is 0.507 e. The number of para-hydroxylation sites is 1. The lowest BCUT2D eigenvalue weighted by molar-refractivity contribution is -0.129. The molecular formula is C13H18N2O4. The number of rotatable bonds is 6. The summed E-state index contributed by atoms with van der Waals surface area (Å²) in [6.07, 6.45) is 1.60. The van der Waals surface area contributed by atoms with E-state index >= 15 is 0 Å². The summed E-state index contributed by atoms with van der Waals surface area (Å²) in [6.45, 7) is 2.11. The van der Waals surface area contributed by atoms with Gasteiger partial charge in [-0.15, -0.1) is 0 Å². The molecule has 0 fully saturated rings. The molecule has 0 spiro atoms. The highest BCUT2D eigenvalue weighted by molar-refractivity contribution is 5.98. The summed E-state index contributed by atoms with van der Waals surface area (Å²) in [5.74, 6) is -1.23. The lowest BCUT2D eigenvalue weighted by atomic mass is 10.1. The van der Waals surface area contributed by atoms with E-state index in [1.54, 1.807) is 12.1 Å². The van der Waals surface area contributed by atoms with Gasteiger partial charge in [0, 0.05) is 6.54 Å². The van der Waals surface area contributed by atoms with Crippen LogP contribution in [0.3, 0.4) is 0 Å². The van der Waals surface area contributed by atoms with Crippen LogP contribution in [0.4, 0.5) is 0 Å². The van der Waals surface area contributed by atoms with Crippen molar-refractivity contribution in [3.8, 4) is 5.75 Å². The molecule has 3 N–H and O–H groups in total. The van der Waals surface area contributed by atoms with Crippen LogP contribution in [0.25, 0.3) is 0 Å². The molecule has 1 rings (SSSR count). The van der Waals surface area contributed by atoms with Crippen molar-refractivity contribution in [1.29, 1.82) is 0 Å². The normalized spacial score (nSPS) is 10.0. The first-order valence-electron chi connectivity index (χ1n) is 6.10. The molecule has 0 unspecified atom stereocenters. The SMILES string of the molecule is CCCCN(CC(=O)NO)C(=O)c1ccccc1O. The molecular weight excluding hydrogens is 248 g/mol. The minimum atomic E-state index is -0.667. The van der Waals surface area contributed by atoms with Crippen LogP contribution >= 0.6 is 0 Å². The Morgan fingerprint density at radius 1 is 1.32 bits per heavy atom. The molecule has 0 saturated heterocycles. The van der Waals surface area contributed by atoms with E-state index in [0.717, 1.165) is 12.8 Å². The molecule has 0 heterocycles. The molecule has 104 valence electrons. The molecule has 1 aromatic carbocycles. The molecule has 6 heteroatoms. The van der Waals surface area contributed by atoms with Crippen LogP contribution in [0, 0.1) is 0 Å². The van der Waals surface area contributed by atoms with Gasteiger partial charge in [0.25, 0.3) is 11.8 Å². The number of hydroxylamine groups is 1. The predicted molar refractivity (Wildman–Crippen MR) is 68.8 cm³/mol. The molecule has 0 radical (unpaired) electrons. The summed E-state index contributed by atoms with van der Waals surface area (Å²) in [5, 5.41) is 18.2. The summed E-state index contributed by atoms with van der Waals surface area (Å²) in [7, 11) is 0. The Morgan fingerprint density at radius 2 is 2.00 bits per heavy atom. The van der Waals surface area contributed by atoms with Crippen molar-refractivity contribution in [2.24, 2.45) is 0 Å². The molecule has 6 nitrogen and oxygen atoms in total. The summed E-state index contributed by atoms with van der Waals surface area (Å²) >= 11 is 0. The summed E-state index contributed by atoms with van der Waals surface area (Å²) < 4.78 is 0. The van der Waals surface area contributed by atoms with Crippen molar-refractivity contribution in [3.05, 3.63) is 29.8 Å². The fourth-order valence-corrected chi connectivity index (χ4v) is 1.63. The van der Waals surface area contributed by atoms with Gasteiger partial charge in [-0.25, -0.2) is 5.48 Å². The lowest BCUT2D eigenvalue weighted by Gasteiger charge is -2.21. The number of unbranched alkanes of at least 4 members (excludes halogenated alkanes) is 1. The van der Waals surface area contributed by atoms with Crippen LogP contribution in [0.15, 0.2) is 24.3 Å². The first-order valence-corrected chi connectivity index (χ1v) is 6.10. The Hall–Kier alpha value is -2.08. The smallest absolute Gasteiger partial charge is 0.262 e. The van der Waals surface area contributed by atoms with Gasteiger partial charge in [0.15, 0.2) is 0 Å². The standard InChI is InChI=1S/C13H18N2O4/c1-2-3-8-15(9-12(17)14-19)13(18)10-6-4-5-7-11(10)16/h4-7,16,19H,2-3,8-9H2,1H3,(H,14,17). The second kappa shape index (κ2) is 7.38. The number of amides is 2. The van der Waals surface area contributed by atoms with Crippen molar-refractivity contribution in [1.82, 2.24) is 10.4 Å². The fourth-order valence-electron chi connectivity index (χ4n) is 1.63. The maximum Gasteiger partial charge on any atom is 0.262 e. The third-order valence-corrected chi connectivity index (χ3v) is 2.66. The molecule has 0 atom stereocenters. The van der Waals surface area contributed by atoms with Gasteiger partial charge < -0.3 is 10.0 Å². The zero-order valence-electron chi connectivity index (χ0n) is 10.8. The van der Waals surface area contributed by atoms with Crippen LogP contribution in [0.5, 0.6) is 5.75 Å². The molecule has 2 amide bonds. The number of hydrogen-bond acceptors (Lipinski definition) is 4. The predicted octanol–water partition coefficient (Wildman–Crippen LogP) is 1.14. The topological polar surface area (TPSA) is 89.9 Å². The Balaban J connectivity index is 2.87.